The molecule has 0 radical (unpaired) electrons. The smallest absolute Gasteiger partial charge is 0.306 e. The number of rotatable bonds is 10. The van der Waals surface area contributed by atoms with Gasteiger partial charge >= 0.3 is 5.97 Å². The van der Waals surface area contributed by atoms with E-state index in [1.165, 1.54) is 0 Å². The van der Waals surface area contributed by atoms with Crippen LogP contribution in [0, 0.1) is 17.8 Å². The van der Waals surface area contributed by atoms with Crippen molar-refractivity contribution < 1.29 is 24.6 Å². The molecule has 1 aromatic rings. The lowest BCUT2D eigenvalue weighted by molar-refractivity contribution is -0.143. The number of halogens is 1. The summed E-state index contributed by atoms with van der Waals surface area (Å²) in [5.74, 6) is -1.69. The lowest BCUT2D eigenvalue weighted by atomic mass is 9.89. The van der Waals surface area contributed by atoms with Crippen molar-refractivity contribution in [2.45, 2.75) is 72.1 Å². The third-order valence-electron chi connectivity index (χ3n) is 6.30. The summed E-state index contributed by atoms with van der Waals surface area (Å²) in [6.07, 6.45) is -0.375. The van der Waals surface area contributed by atoms with E-state index in [0.717, 1.165) is 0 Å². The molecular weight excluding hydrogens is 484 g/mol. The summed E-state index contributed by atoms with van der Waals surface area (Å²) in [7, 11) is 0. The van der Waals surface area contributed by atoms with Crippen molar-refractivity contribution in [3.63, 3.8) is 0 Å². The second-order valence-electron chi connectivity index (χ2n) is 10.8. The van der Waals surface area contributed by atoms with Crippen molar-refractivity contribution in [3.8, 4) is 0 Å². The van der Waals surface area contributed by atoms with Gasteiger partial charge in [0.25, 0.3) is 0 Å². The average molecular weight is 527 g/mol. The van der Waals surface area contributed by atoms with Gasteiger partial charge in [-0.25, -0.2) is 0 Å². The van der Waals surface area contributed by atoms with Gasteiger partial charge in [0, 0.05) is 30.6 Å². The number of nitrogens with zero attached hydrogens (tertiary/aromatic N) is 2. The normalized spacial score (nSPS) is 18.4. The van der Waals surface area contributed by atoms with Gasteiger partial charge in [0.2, 0.25) is 11.8 Å². The van der Waals surface area contributed by atoms with Crippen LogP contribution in [0.3, 0.4) is 0 Å². The predicted octanol–water partition coefficient (Wildman–Crippen LogP) is 2.72. The molecule has 3 atom stereocenters. The fourth-order valence-electron chi connectivity index (χ4n) is 3.95. The van der Waals surface area contributed by atoms with E-state index in [9.17, 15) is 24.6 Å². The second-order valence-corrected chi connectivity index (χ2v) is 11.2. The van der Waals surface area contributed by atoms with E-state index in [2.05, 4.69) is 0 Å². The Morgan fingerprint density at radius 3 is 2.17 bits per heavy atom. The minimum atomic E-state index is -0.961. The first kappa shape index (κ1) is 31.8. The van der Waals surface area contributed by atoms with Crippen molar-refractivity contribution in [1.29, 1.82) is 0 Å². The maximum atomic E-state index is 12.8. The van der Waals surface area contributed by atoms with Crippen LogP contribution in [0.1, 0.15) is 54.4 Å². The van der Waals surface area contributed by atoms with Gasteiger partial charge in [0.15, 0.2) is 0 Å². The molecule has 2 amide bonds. The highest BCUT2D eigenvalue weighted by Crippen LogP contribution is 2.31. The van der Waals surface area contributed by atoms with Crippen molar-refractivity contribution in [2.75, 3.05) is 24.5 Å². The molecule has 1 aromatic carbocycles. The number of para-hydroxylation sites is 1. The molecule has 3 unspecified atom stereocenters. The quantitative estimate of drug-likeness (QED) is 0.366. The Kier molecular flexibility index (Phi) is 12.3. The SMILES string of the molecule is CC(C)C(N)=O.CC(C)CC(CC(O)C(N)CN1CC(=O)N(c2ccccc2Cl)CC1(C)C)C(=O)O. The fourth-order valence-corrected chi connectivity index (χ4v) is 4.19. The molecule has 1 fully saturated rings. The fraction of sp³-hybridized carbons (Fsp3) is 0.654. The molecular formula is C26H43ClN4O5. The minimum Gasteiger partial charge on any atom is -0.481 e. The molecule has 0 spiro atoms. The Hall–Kier alpha value is -2.20. The number of anilines is 1. The van der Waals surface area contributed by atoms with Crippen LogP contribution in [-0.4, -0.2) is 70.2 Å². The molecule has 9 nitrogen and oxygen atoms in total. The third kappa shape index (κ3) is 9.69. The summed E-state index contributed by atoms with van der Waals surface area (Å²) in [6.45, 7) is 12.3. The van der Waals surface area contributed by atoms with Gasteiger partial charge in [0.1, 0.15) is 0 Å². The number of amides is 2. The molecule has 1 saturated heterocycles. The second kappa shape index (κ2) is 13.9. The summed E-state index contributed by atoms with van der Waals surface area (Å²) in [6, 6.07) is 6.59. The Bertz CT molecular complexity index is 893. The molecule has 6 N–H and O–H groups in total. The number of aliphatic hydroxyl groups is 1. The number of aliphatic carboxylic acids is 1. The summed E-state index contributed by atoms with van der Waals surface area (Å²) < 4.78 is 0. The van der Waals surface area contributed by atoms with E-state index in [4.69, 9.17) is 23.1 Å². The molecule has 1 aliphatic rings. The zero-order valence-electron chi connectivity index (χ0n) is 22.3. The predicted molar refractivity (Wildman–Crippen MR) is 143 cm³/mol. The van der Waals surface area contributed by atoms with Gasteiger partial charge < -0.3 is 26.6 Å². The van der Waals surface area contributed by atoms with Crippen LogP contribution in [-0.2, 0) is 14.4 Å². The Balaban J connectivity index is 0.000000960. The third-order valence-corrected chi connectivity index (χ3v) is 6.62. The molecule has 1 aliphatic heterocycles. The van der Waals surface area contributed by atoms with Crippen LogP contribution in [0.2, 0.25) is 5.02 Å². The summed E-state index contributed by atoms with van der Waals surface area (Å²) in [5, 5.41) is 20.5. The van der Waals surface area contributed by atoms with Gasteiger partial charge in [0.05, 0.1) is 29.3 Å². The number of hydrogen-bond acceptors (Lipinski definition) is 6. The first-order valence-electron chi connectivity index (χ1n) is 12.3. The van der Waals surface area contributed by atoms with E-state index >= 15 is 0 Å². The van der Waals surface area contributed by atoms with Crippen LogP contribution in [0.5, 0.6) is 0 Å². The van der Waals surface area contributed by atoms with Crippen molar-refractivity contribution in [1.82, 2.24) is 4.90 Å². The maximum Gasteiger partial charge on any atom is 0.306 e. The lowest BCUT2D eigenvalue weighted by Crippen LogP contribution is -2.64. The highest BCUT2D eigenvalue weighted by Gasteiger charge is 2.40. The highest BCUT2D eigenvalue weighted by molar-refractivity contribution is 6.33. The van der Waals surface area contributed by atoms with Crippen molar-refractivity contribution >= 4 is 35.1 Å². The Morgan fingerprint density at radius 1 is 1.14 bits per heavy atom. The monoisotopic (exact) mass is 526 g/mol. The molecule has 204 valence electrons. The molecule has 10 heteroatoms. The first-order valence-corrected chi connectivity index (χ1v) is 12.7. The number of carbonyl (C=O) groups is 3. The van der Waals surface area contributed by atoms with E-state index in [1.54, 1.807) is 24.8 Å². The standard InChI is InChI=1S/C22H34ClN3O4.C4H9NO/c1-14(2)9-15(21(29)30)10-19(27)17(24)11-25-12-20(28)26(13-22(25,3)4)18-8-6-5-7-16(18)23;1-3(2)4(5)6/h5-8,14-15,17,19,27H,9-13,24H2,1-4H3,(H,29,30);3H,1-2H3,(H2,5,6). The van der Waals surface area contributed by atoms with Gasteiger partial charge in [-0.15, -0.1) is 0 Å². The van der Waals surface area contributed by atoms with Gasteiger partial charge in [-0.1, -0.05) is 51.4 Å². The van der Waals surface area contributed by atoms with E-state index < -0.39 is 29.6 Å². The summed E-state index contributed by atoms with van der Waals surface area (Å²) in [4.78, 5) is 37.9. The van der Waals surface area contributed by atoms with Crippen molar-refractivity contribution in [3.05, 3.63) is 29.3 Å². The number of carbonyl (C=O) groups excluding carboxylic acids is 2. The highest BCUT2D eigenvalue weighted by atomic mass is 35.5. The van der Waals surface area contributed by atoms with Crippen LogP contribution in [0.4, 0.5) is 5.69 Å². The molecule has 36 heavy (non-hydrogen) atoms. The first-order chi connectivity index (χ1) is 16.6. The molecule has 0 bridgehead atoms. The minimum absolute atomic E-state index is 0.00926. The molecule has 2 rings (SSSR count). The van der Waals surface area contributed by atoms with Crippen LogP contribution in [0.25, 0.3) is 0 Å². The maximum absolute atomic E-state index is 12.8. The zero-order chi connectivity index (χ0) is 27.8. The number of hydrogen-bond donors (Lipinski definition) is 4. The summed E-state index contributed by atoms with van der Waals surface area (Å²) >= 11 is 6.28. The number of aliphatic hydroxyl groups excluding tert-OH is 1. The zero-order valence-corrected chi connectivity index (χ0v) is 23.0. The Morgan fingerprint density at radius 2 is 1.69 bits per heavy atom. The van der Waals surface area contributed by atoms with Gasteiger partial charge in [-0.2, -0.15) is 0 Å². The number of nitrogens with two attached hydrogens (primary N) is 2. The molecule has 0 saturated carbocycles. The largest absolute Gasteiger partial charge is 0.481 e. The van der Waals surface area contributed by atoms with E-state index in [0.29, 0.717) is 30.2 Å². The molecule has 1 heterocycles. The topological polar surface area (TPSA) is 150 Å². The van der Waals surface area contributed by atoms with Gasteiger partial charge in [-0.05, 0) is 44.7 Å². The van der Waals surface area contributed by atoms with Crippen LogP contribution in [0.15, 0.2) is 24.3 Å². The summed E-state index contributed by atoms with van der Waals surface area (Å²) in [5.41, 5.74) is 11.3. The molecule has 0 aromatic heterocycles. The number of benzene rings is 1. The van der Waals surface area contributed by atoms with Gasteiger partial charge in [-0.3, -0.25) is 19.3 Å². The number of primary amides is 1. The Labute approximate surface area is 219 Å². The molecule has 0 aliphatic carbocycles. The number of carboxylic acid groups (broad SMARTS) is 1. The lowest BCUT2D eigenvalue weighted by Gasteiger charge is -2.47. The number of piperazine rings is 1. The van der Waals surface area contributed by atoms with E-state index in [1.807, 2.05) is 50.8 Å². The van der Waals surface area contributed by atoms with Crippen molar-refractivity contribution in [2.24, 2.45) is 29.2 Å². The van der Waals surface area contributed by atoms with Crippen LogP contribution < -0.4 is 16.4 Å². The van der Waals surface area contributed by atoms with E-state index in [-0.39, 0.29) is 36.6 Å². The number of carboxylic acids is 1. The van der Waals surface area contributed by atoms with Crippen LogP contribution >= 0.6 is 11.6 Å². The average Bonchev–Trinajstić information content (AvgIpc) is 2.76.